The van der Waals surface area contributed by atoms with Gasteiger partial charge >= 0.3 is 0 Å². The molecule has 0 aromatic heterocycles. The molecule has 5 heteroatoms. The van der Waals surface area contributed by atoms with Crippen LogP contribution in [0.15, 0.2) is 0 Å². The highest BCUT2D eigenvalue weighted by Crippen LogP contribution is 2.62. The summed E-state index contributed by atoms with van der Waals surface area (Å²) in [7, 11) is 0. The molecule has 1 saturated carbocycles. The lowest BCUT2D eigenvalue weighted by atomic mass is 9.75. The fourth-order valence-electron chi connectivity index (χ4n) is 3.81. The van der Waals surface area contributed by atoms with Gasteiger partial charge in [-0.2, -0.15) is 0 Å². The van der Waals surface area contributed by atoms with E-state index >= 15 is 0 Å². The molecule has 0 aromatic carbocycles. The molecular weight excluding hydrogens is 347 g/mol. The minimum absolute atomic E-state index is 0.196. The van der Waals surface area contributed by atoms with E-state index in [0.29, 0.717) is 26.4 Å². The molecule has 2 spiro atoms. The summed E-state index contributed by atoms with van der Waals surface area (Å²) in [5.41, 5.74) is -0.196. The van der Waals surface area contributed by atoms with Crippen molar-refractivity contribution in [2.45, 2.75) is 44.2 Å². The van der Waals surface area contributed by atoms with Crippen molar-refractivity contribution in [1.82, 2.24) is 0 Å². The fourth-order valence-corrected chi connectivity index (χ4v) is 4.19. The van der Waals surface area contributed by atoms with Crippen LogP contribution in [0, 0.1) is 5.41 Å². The molecule has 3 fully saturated rings. The lowest BCUT2D eigenvalue weighted by Crippen LogP contribution is -2.55. The van der Waals surface area contributed by atoms with Gasteiger partial charge in [0, 0.05) is 12.8 Å². The lowest BCUT2D eigenvalue weighted by molar-refractivity contribution is -0.301. The van der Waals surface area contributed by atoms with Gasteiger partial charge in [-0.1, -0.05) is 22.6 Å². The van der Waals surface area contributed by atoms with Gasteiger partial charge in [0.05, 0.1) is 31.8 Å². The van der Waals surface area contributed by atoms with Crippen molar-refractivity contribution in [3.63, 3.8) is 0 Å². The number of rotatable bonds is 3. The molecule has 2 aliphatic heterocycles. The zero-order chi connectivity index (χ0) is 12.7. The molecule has 0 bridgehead atoms. The highest BCUT2D eigenvalue weighted by atomic mass is 127. The van der Waals surface area contributed by atoms with E-state index in [0.717, 1.165) is 30.1 Å². The Labute approximate surface area is 122 Å². The normalized spacial score (nSPS) is 31.7. The molecule has 3 rings (SSSR count). The second kappa shape index (κ2) is 4.84. The maximum atomic E-state index is 6.02. The first-order chi connectivity index (χ1) is 8.68. The number of ether oxygens (including phenoxy) is 4. The molecule has 3 aliphatic rings. The van der Waals surface area contributed by atoms with Crippen LogP contribution < -0.4 is 0 Å². The average Bonchev–Trinajstić information content (AvgIpc) is 3.07. The molecule has 0 radical (unpaired) electrons. The highest BCUT2D eigenvalue weighted by molar-refractivity contribution is 14.1. The maximum absolute atomic E-state index is 6.02. The number of alkyl halides is 1. The first-order valence-corrected chi connectivity index (χ1v) is 8.32. The van der Waals surface area contributed by atoms with Gasteiger partial charge < -0.3 is 18.9 Å². The van der Waals surface area contributed by atoms with Gasteiger partial charge in [-0.15, -0.1) is 0 Å². The van der Waals surface area contributed by atoms with E-state index in [1.165, 1.54) is 0 Å². The van der Waals surface area contributed by atoms with Crippen molar-refractivity contribution in [2.75, 3.05) is 30.9 Å². The predicted octanol–water partition coefficient (Wildman–Crippen LogP) is 2.49. The van der Waals surface area contributed by atoms with Crippen LogP contribution in [-0.2, 0) is 18.9 Å². The Hall–Kier alpha value is 0.570. The van der Waals surface area contributed by atoms with E-state index in [9.17, 15) is 0 Å². The Morgan fingerprint density at radius 3 is 1.72 bits per heavy atom. The van der Waals surface area contributed by atoms with Crippen LogP contribution in [0.25, 0.3) is 0 Å². The topological polar surface area (TPSA) is 36.9 Å². The van der Waals surface area contributed by atoms with Gasteiger partial charge in [0.15, 0.2) is 11.6 Å². The largest absolute Gasteiger partial charge is 0.347 e. The molecular formula is C13H21IO4. The van der Waals surface area contributed by atoms with Gasteiger partial charge in [0.2, 0.25) is 0 Å². The van der Waals surface area contributed by atoms with Crippen molar-refractivity contribution >= 4 is 22.6 Å². The molecule has 0 atom stereocenters. The molecule has 2 heterocycles. The summed E-state index contributed by atoms with van der Waals surface area (Å²) < 4.78 is 25.2. The first kappa shape index (κ1) is 13.5. The molecule has 2 saturated heterocycles. The quantitative estimate of drug-likeness (QED) is 0.567. The maximum Gasteiger partial charge on any atom is 0.179 e. The first-order valence-electron chi connectivity index (χ1n) is 6.80. The van der Waals surface area contributed by atoms with Crippen LogP contribution in [0.1, 0.15) is 32.6 Å². The molecule has 0 aromatic rings. The molecule has 104 valence electrons. The van der Waals surface area contributed by atoms with Crippen molar-refractivity contribution < 1.29 is 18.9 Å². The molecule has 1 aliphatic carbocycles. The van der Waals surface area contributed by atoms with E-state index in [1.54, 1.807) is 0 Å². The monoisotopic (exact) mass is 368 g/mol. The Morgan fingerprint density at radius 1 is 0.889 bits per heavy atom. The van der Waals surface area contributed by atoms with Crippen molar-refractivity contribution in [1.29, 1.82) is 0 Å². The van der Waals surface area contributed by atoms with Crippen LogP contribution in [-0.4, -0.2) is 42.4 Å². The Balaban J connectivity index is 1.92. The van der Waals surface area contributed by atoms with E-state index in [1.807, 2.05) is 0 Å². The van der Waals surface area contributed by atoms with Gasteiger partial charge in [-0.05, 0) is 24.2 Å². The smallest absolute Gasteiger partial charge is 0.179 e. The zero-order valence-electron chi connectivity index (χ0n) is 10.9. The summed E-state index contributed by atoms with van der Waals surface area (Å²) in [5, 5.41) is 0. The van der Waals surface area contributed by atoms with Crippen molar-refractivity contribution in [3.8, 4) is 0 Å². The minimum atomic E-state index is -0.483. The number of halogens is 1. The Morgan fingerprint density at radius 2 is 1.33 bits per heavy atom. The van der Waals surface area contributed by atoms with E-state index in [4.69, 9.17) is 18.9 Å². The number of hydrogen-bond donors (Lipinski definition) is 0. The third kappa shape index (κ3) is 1.70. The van der Waals surface area contributed by atoms with E-state index < -0.39 is 11.6 Å². The minimum Gasteiger partial charge on any atom is -0.347 e. The number of hydrogen-bond acceptors (Lipinski definition) is 4. The predicted molar refractivity (Wildman–Crippen MR) is 74.7 cm³/mol. The Kier molecular flexibility index (Phi) is 3.64. The third-order valence-corrected chi connectivity index (χ3v) is 5.55. The third-order valence-electron chi connectivity index (χ3n) is 4.78. The molecule has 0 N–H and O–H groups in total. The second-order valence-electron chi connectivity index (χ2n) is 5.52. The van der Waals surface area contributed by atoms with Gasteiger partial charge in [0.25, 0.3) is 0 Å². The summed E-state index contributed by atoms with van der Waals surface area (Å²) in [6, 6.07) is 0. The fraction of sp³-hybridized carbons (Fsp3) is 1.00. The van der Waals surface area contributed by atoms with Crippen molar-refractivity contribution in [3.05, 3.63) is 0 Å². The average molecular weight is 368 g/mol. The van der Waals surface area contributed by atoms with Gasteiger partial charge in [-0.3, -0.25) is 0 Å². The molecule has 0 unspecified atom stereocenters. The molecule has 18 heavy (non-hydrogen) atoms. The second-order valence-corrected chi connectivity index (χ2v) is 6.60. The summed E-state index contributed by atoms with van der Waals surface area (Å²) in [4.78, 5) is 0. The zero-order valence-corrected chi connectivity index (χ0v) is 13.0. The van der Waals surface area contributed by atoms with Crippen LogP contribution in [0.4, 0.5) is 0 Å². The Bertz CT molecular complexity index is 284. The van der Waals surface area contributed by atoms with Crippen LogP contribution in [0.5, 0.6) is 0 Å². The SMILES string of the molecule is CC1(CCCI)C2(CCC13OCCO3)OCCO2. The van der Waals surface area contributed by atoms with Gasteiger partial charge in [0.1, 0.15) is 0 Å². The summed E-state index contributed by atoms with van der Waals surface area (Å²) in [6.45, 7) is 4.99. The summed E-state index contributed by atoms with van der Waals surface area (Å²) in [6.07, 6.45) is 3.92. The van der Waals surface area contributed by atoms with Crippen LogP contribution in [0.2, 0.25) is 0 Å². The van der Waals surface area contributed by atoms with E-state index in [2.05, 4.69) is 29.5 Å². The summed E-state index contributed by atoms with van der Waals surface area (Å²) >= 11 is 2.42. The van der Waals surface area contributed by atoms with Crippen LogP contribution >= 0.6 is 22.6 Å². The standard InChI is InChI=1S/C13H21IO4/c1-11(3-2-6-14)12(15-7-8-16-12)4-5-13(11)17-9-10-18-13/h2-10H2,1H3. The van der Waals surface area contributed by atoms with Crippen LogP contribution in [0.3, 0.4) is 0 Å². The lowest BCUT2D eigenvalue weighted by Gasteiger charge is -2.46. The summed E-state index contributed by atoms with van der Waals surface area (Å²) in [5.74, 6) is -0.966. The molecule has 0 amide bonds. The van der Waals surface area contributed by atoms with Gasteiger partial charge in [-0.25, -0.2) is 0 Å². The van der Waals surface area contributed by atoms with Crippen molar-refractivity contribution in [2.24, 2.45) is 5.41 Å². The molecule has 4 nitrogen and oxygen atoms in total. The van der Waals surface area contributed by atoms with E-state index in [-0.39, 0.29) is 5.41 Å². The highest BCUT2D eigenvalue weighted by Gasteiger charge is 2.70.